The molecule has 0 aliphatic carbocycles. The molecule has 0 aromatic heterocycles. The first-order valence-corrected chi connectivity index (χ1v) is 14.1. The molecule has 2 aliphatic heterocycles. The first kappa shape index (κ1) is 30.0. The van der Waals surface area contributed by atoms with Crippen molar-refractivity contribution in [2.45, 2.75) is 110 Å². The quantitative estimate of drug-likeness (QED) is 0.374. The molecular weight excluding hydrogens is 424 g/mol. The number of rotatable bonds is 14. The Morgan fingerprint density at radius 1 is 0.735 bits per heavy atom. The molecular formula is C28H58N4O2. The number of hydrogen-bond acceptors (Lipinski definition) is 6. The van der Waals surface area contributed by atoms with Crippen LogP contribution in [0.15, 0.2) is 0 Å². The van der Waals surface area contributed by atoms with Gasteiger partial charge in [-0.2, -0.15) is 0 Å². The molecule has 2 heterocycles. The fourth-order valence-electron chi connectivity index (χ4n) is 5.20. The first-order valence-electron chi connectivity index (χ1n) is 14.1. The molecule has 6 nitrogen and oxygen atoms in total. The van der Waals surface area contributed by atoms with Gasteiger partial charge >= 0.3 is 0 Å². The summed E-state index contributed by atoms with van der Waals surface area (Å²) in [5.74, 6) is 0. The third-order valence-corrected chi connectivity index (χ3v) is 7.62. The fourth-order valence-corrected chi connectivity index (χ4v) is 5.20. The fraction of sp³-hybridized carbons (Fsp3) is 1.00. The van der Waals surface area contributed by atoms with E-state index in [0.717, 1.165) is 39.3 Å². The summed E-state index contributed by atoms with van der Waals surface area (Å²) >= 11 is 0. The predicted molar refractivity (Wildman–Crippen MR) is 145 cm³/mol. The van der Waals surface area contributed by atoms with E-state index in [1.807, 2.05) is 0 Å². The van der Waals surface area contributed by atoms with Crippen molar-refractivity contribution in [3.05, 3.63) is 0 Å². The van der Waals surface area contributed by atoms with Gasteiger partial charge in [-0.25, -0.2) is 0 Å². The molecule has 2 fully saturated rings. The van der Waals surface area contributed by atoms with Crippen LogP contribution in [0.25, 0.3) is 0 Å². The van der Waals surface area contributed by atoms with Crippen molar-refractivity contribution >= 4 is 0 Å². The minimum absolute atomic E-state index is 0.0333. The van der Waals surface area contributed by atoms with Gasteiger partial charge in [0, 0.05) is 63.0 Å². The average Bonchev–Trinajstić information content (AvgIpc) is 2.76. The van der Waals surface area contributed by atoms with Crippen LogP contribution in [0.2, 0.25) is 0 Å². The number of piperazine rings is 1. The predicted octanol–water partition coefficient (Wildman–Crippen LogP) is 4.24. The second-order valence-corrected chi connectivity index (χ2v) is 12.9. The van der Waals surface area contributed by atoms with Crippen molar-refractivity contribution in [2.75, 3.05) is 72.2 Å². The molecule has 202 valence electrons. The molecule has 0 amide bonds. The Morgan fingerprint density at radius 3 is 1.91 bits per heavy atom. The lowest BCUT2D eigenvalue weighted by Gasteiger charge is -2.46. The minimum Gasteiger partial charge on any atom is -0.380 e. The van der Waals surface area contributed by atoms with Crippen LogP contribution in [0, 0.1) is 0 Å². The van der Waals surface area contributed by atoms with Gasteiger partial charge in [-0.1, -0.05) is 6.92 Å². The lowest BCUT2D eigenvalue weighted by Crippen LogP contribution is -2.56. The molecule has 2 saturated heterocycles. The van der Waals surface area contributed by atoms with Gasteiger partial charge in [0.25, 0.3) is 0 Å². The highest BCUT2D eigenvalue weighted by Crippen LogP contribution is 2.27. The second-order valence-electron chi connectivity index (χ2n) is 12.9. The van der Waals surface area contributed by atoms with Crippen LogP contribution in [0.5, 0.6) is 0 Å². The third kappa shape index (κ3) is 11.7. The van der Waals surface area contributed by atoms with Crippen molar-refractivity contribution in [3.8, 4) is 0 Å². The zero-order valence-corrected chi connectivity index (χ0v) is 24.0. The van der Waals surface area contributed by atoms with E-state index in [2.05, 4.69) is 75.4 Å². The summed E-state index contributed by atoms with van der Waals surface area (Å²) < 4.78 is 11.6. The molecule has 0 aromatic rings. The van der Waals surface area contributed by atoms with Crippen molar-refractivity contribution in [1.82, 2.24) is 20.0 Å². The van der Waals surface area contributed by atoms with Gasteiger partial charge in [0.05, 0.1) is 18.8 Å². The Hall–Kier alpha value is -0.240. The van der Waals surface area contributed by atoms with Crippen LogP contribution in [0.4, 0.5) is 0 Å². The second kappa shape index (κ2) is 13.9. The van der Waals surface area contributed by atoms with Gasteiger partial charge in [0.1, 0.15) is 0 Å². The van der Waals surface area contributed by atoms with E-state index in [1.165, 1.54) is 65.0 Å². The van der Waals surface area contributed by atoms with Gasteiger partial charge in [0.15, 0.2) is 0 Å². The molecule has 2 rings (SSSR count). The van der Waals surface area contributed by atoms with Crippen molar-refractivity contribution in [3.63, 3.8) is 0 Å². The lowest BCUT2D eigenvalue weighted by atomic mass is 9.86. The largest absolute Gasteiger partial charge is 0.380 e. The van der Waals surface area contributed by atoms with E-state index in [1.54, 1.807) is 0 Å². The minimum atomic E-state index is -0.0333. The highest BCUT2D eigenvalue weighted by Gasteiger charge is 2.33. The van der Waals surface area contributed by atoms with Crippen LogP contribution in [0.3, 0.4) is 0 Å². The van der Waals surface area contributed by atoms with Gasteiger partial charge in [0.2, 0.25) is 0 Å². The summed E-state index contributed by atoms with van der Waals surface area (Å²) in [6.07, 6.45) is 6.04. The normalized spacial score (nSPS) is 20.8. The number of nitrogens with zero attached hydrogens (tertiary/aromatic N) is 3. The summed E-state index contributed by atoms with van der Waals surface area (Å²) in [6, 6.07) is 0.636. The maximum absolute atomic E-state index is 5.92. The molecule has 0 aromatic carbocycles. The summed E-state index contributed by atoms with van der Waals surface area (Å²) in [4.78, 5) is 7.84. The number of nitrogens with one attached hydrogen (secondary N) is 1. The van der Waals surface area contributed by atoms with Crippen molar-refractivity contribution < 1.29 is 9.47 Å². The van der Waals surface area contributed by atoms with Crippen LogP contribution in [-0.4, -0.2) is 110 Å². The van der Waals surface area contributed by atoms with E-state index in [4.69, 9.17) is 9.47 Å². The van der Waals surface area contributed by atoms with Crippen molar-refractivity contribution in [2.24, 2.45) is 0 Å². The summed E-state index contributed by atoms with van der Waals surface area (Å²) in [7, 11) is 0. The average molecular weight is 483 g/mol. The Labute approximate surface area is 212 Å². The van der Waals surface area contributed by atoms with E-state index in [0.29, 0.717) is 6.04 Å². The number of piperidine rings is 1. The smallest absolute Gasteiger partial charge is 0.0600 e. The summed E-state index contributed by atoms with van der Waals surface area (Å²) in [6.45, 7) is 30.1. The summed E-state index contributed by atoms with van der Waals surface area (Å²) in [5, 5.41) is 4.01. The van der Waals surface area contributed by atoms with E-state index in [9.17, 15) is 0 Å². The monoisotopic (exact) mass is 482 g/mol. The SMILES string of the molecule is CCCOCCN1CCN(C(C)(C)CCC(C)(C)NC2CCN(CCOC(C)(C)C)CC2)CC1. The standard InChI is InChI=1S/C28H58N4O2/c1-9-22-33-23-20-31-16-18-32(19-17-31)28(7,8)13-12-27(5,6)29-25-10-14-30(15-11-25)21-24-34-26(2,3)4/h25,29H,9-24H2,1-8H3. The van der Waals surface area contributed by atoms with Crippen LogP contribution in [0.1, 0.15) is 87.5 Å². The van der Waals surface area contributed by atoms with Crippen LogP contribution >= 0.6 is 0 Å². The molecule has 0 spiro atoms. The highest BCUT2D eigenvalue weighted by atomic mass is 16.5. The summed E-state index contributed by atoms with van der Waals surface area (Å²) in [5.41, 5.74) is 0.395. The Balaban J connectivity index is 1.65. The molecule has 0 saturated carbocycles. The number of hydrogen-bond donors (Lipinski definition) is 1. The maximum atomic E-state index is 5.92. The molecule has 6 heteroatoms. The van der Waals surface area contributed by atoms with E-state index < -0.39 is 0 Å². The van der Waals surface area contributed by atoms with Crippen LogP contribution < -0.4 is 5.32 Å². The van der Waals surface area contributed by atoms with Crippen molar-refractivity contribution in [1.29, 1.82) is 0 Å². The first-order chi connectivity index (χ1) is 15.9. The van der Waals surface area contributed by atoms with Crippen LogP contribution in [-0.2, 0) is 9.47 Å². The molecule has 0 unspecified atom stereocenters. The zero-order chi connectivity index (χ0) is 25.2. The molecule has 34 heavy (non-hydrogen) atoms. The topological polar surface area (TPSA) is 40.2 Å². The molecule has 0 bridgehead atoms. The van der Waals surface area contributed by atoms with Gasteiger partial charge in [-0.05, 0) is 93.7 Å². The van der Waals surface area contributed by atoms with Gasteiger partial charge in [-0.3, -0.25) is 9.80 Å². The molecule has 0 atom stereocenters. The van der Waals surface area contributed by atoms with E-state index in [-0.39, 0.29) is 16.7 Å². The van der Waals surface area contributed by atoms with Gasteiger partial charge < -0.3 is 19.7 Å². The number of likely N-dealkylation sites (tertiary alicyclic amines) is 1. The third-order valence-electron chi connectivity index (χ3n) is 7.62. The number of ether oxygens (including phenoxy) is 2. The lowest BCUT2D eigenvalue weighted by molar-refractivity contribution is -0.0159. The van der Waals surface area contributed by atoms with E-state index >= 15 is 0 Å². The molecule has 0 radical (unpaired) electrons. The highest BCUT2D eigenvalue weighted by molar-refractivity contribution is 4.91. The zero-order valence-electron chi connectivity index (χ0n) is 24.0. The Bertz CT molecular complexity index is 545. The Morgan fingerprint density at radius 2 is 1.32 bits per heavy atom. The molecule has 2 aliphatic rings. The molecule has 1 N–H and O–H groups in total. The van der Waals surface area contributed by atoms with Gasteiger partial charge in [-0.15, -0.1) is 0 Å². The maximum Gasteiger partial charge on any atom is 0.0600 e. The Kier molecular flexibility index (Phi) is 12.3.